The summed E-state index contributed by atoms with van der Waals surface area (Å²) in [5.74, 6) is -1.17. The zero-order chi connectivity index (χ0) is 15.7. The summed E-state index contributed by atoms with van der Waals surface area (Å²) in [6, 6.07) is -1.17. The van der Waals surface area contributed by atoms with Crippen molar-refractivity contribution < 1.29 is 19.4 Å². The van der Waals surface area contributed by atoms with Gasteiger partial charge in [0.25, 0.3) is 0 Å². The van der Waals surface area contributed by atoms with Gasteiger partial charge in [-0.3, -0.25) is 9.59 Å². The third-order valence-electron chi connectivity index (χ3n) is 3.53. The summed E-state index contributed by atoms with van der Waals surface area (Å²) in [7, 11) is 0. The summed E-state index contributed by atoms with van der Waals surface area (Å²) in [6.07, 6.45) is 3.82. The van der Waals surface area contributed by atoms with Crippen LogP contribution in [0.1, 0.15) is 59.8 Å². The van der Waals surface area contributed by atoms with Gasteiger partial charge in [0.2, 0.25) is 0 Å². The van der Waals surface area contributed by atoms with Gasteiger partial charge >= 0.3 is 11.9 Å². The van der Waals surface area contributed by atoms with Crippen LogP contribution in [0.2, 0.25) is 0 Å². The molecule has 126 valence electrons. The van der Waals surface area contributed by atoms with Crippen molar-refractivity contribution in [2.75, 3.05) is 0 Å². The molecule has 5 nitrogen and oxygen atoms in total. The molecule has 0 saturated carbocycles. The Hall–Kier alpha value is -0.810. The molecule has 0 rings (SSSR count). The minimum absolute atomic E-state index is 0. The second-order valence-electron chi connectivity index (χ2n) is 5.62. The fraction of sp³-hybridized carbons (Fsp3) is 0.867. The van der Waals surface area contributed by atoms with Crippen LogP contribution in [0.25, 0.3) is 0 Å². The molecule has 0 aromatic rings. The fourth-order valence-electron chi connectivity index (χ4n) is 2.33. The Labute approximate surface area is 134 Å². The third kappa shape index (κ3) is 8.94. The zero-order valence-corrected chi connectivity index (χ0v) is 14.3. The van der Waals surface area contributed by atoms with E-state index in [1.165, 1.54) is 6.92 Å². The number of ether oxygens (including phenoxy) is 1. The van der Waals surface area contributed by atoms with Crippen molar-refractivity contribution in [3.8, 4) is 0 Å². The number of aliphatic carboxylic acids is 1. The Morgan fingerprint density at radius 1 is 1.14 bits per heavy atom. The molecule has 3 N–H and O–H groups in total. The van der Waals surface area contributed by atoms with Crippen LogP contribution in [-0.4, -0.2) is 29.2 Å². The Bertz CT molecular complexity index is 312. The summed E-state index contributed by atoms with van der Waals surface area (Å²) in [6.45, 7) is 7.80. The molecule has 0 aromatic carbocycles. The van der Waals surface area contributed by atoms with Gasteiger partial charge in [-0.1, -0.05) is 40.0 Å². The highest BCUT2D eigenvalue weighted by molar-refractivity contribution is 5.85. The van der Waals surface area contributed by atoms with Gasteiger partial charge in [0.15, 0.2) is 0 Å². The summed E-state index contributed by atoms with van der Waals surface area (Å²) in [4.78, 5) is 22.9. The lowest BCUT2D eigenvalue weighted by Crippen LogP contribution is -2.43. The minimum atomic E-state index is -1.17. The van der Waals surface area contributed by atoms with Crippen molar-refractivity contribution in [1.82, 2.24) is 0 Å². The number of hydrogen-bond donors (Lipinski definition) is 2. The van der Waals surface area contributed by atoms with Crippen molar-refractivity contribution in [3.63, 3.8) is 0 Å². The first-order chi connectivity index (χ1) is 9.33. The Balaban J connectivity index is 0. The number of rotatable bonds is 10. The van der Waals surface area contributed by atoms with Gasteiger partial charge in [-0.25, -0.2) is 0 Å². The van der Waals surface area contributed by atoms with Crippen LogP contribution in [0.3, 0.4) is 0 Å². The van der Waals surface area contributed by atoms with Gasteiger partial charge in [0, 0.05) is 0 Å². The molecule has 21 heavy (non-hydrogen) atoms. The number of carboxylic acid groups (broad SMARTS) is 1. The second-order valence-corrected chi connectivity index (χ2v) is 5.62. The van der Waals surface area contributed by atoms with Crippen molar-refractivity contribution in [2.24, 2.45) is 17.6 Å². The van der Waals surface area contributed by atoms with E-state index in [2.05, 4.69) is 13.8 Å². The molecule has 0 bridgehead atoms. The smallest absolute Gasteiger partial charge is 0.324 e. The standard InChI is InChI=1S/C15H29NO4.ClH/c1-5-7-10(3)9-12(8-6-2)15(19)20-11(4)13(16)14(17)18;/h10-13H,5-9,16H2,1-4H3,(H,17,18);1H/t10?,11-,12?,13+;/m1./s1. The predicted molar refractivity (Wildman–Crippen MR) is 85.5 cm³/mol. The molecule has 0 radical (unpaired) electrons. The van der Waals surface area contributed by atoms with Crippen molar-refractivity contribution in [1.29, 1.82) is 0 Å². The number of carbonyl (C=O) groups is 2. The number of esters is 1. The van der Waals surface area contributed by atoms with Crippen LogP contribution in [0, 0.1) is 11.8 Å². The van der Waals surface area contributed by atoms with Gasteiger partial charge in [0.05, 0.1) is 5.92 Å². The number of nitrogens with two attached hydrogens (primary N) is 1. The molecule has 0 aliphatic heterocycles. The molecule has 0 aliphatic rings. The van der Waals surface area contributed by atoms with E-state index in [1.807, 2.05) is 6.92 Å². The van der Waals surface area contributed by atoms with Crippen LogP contribution in [0.4, 0.5) is 0 Å². The first-order valence-electron chi connectivity index (χ1n) is 7.52. The Morgan fingerprint density at radius 3 is 2.10 bits per heavy atom. The van der Waals surface area contributed by atoms with Gasteiger partial charge in [0.1, 0.15) is 12.1 Å². The molecular formula is C15H30ClNO4. The first-order valence-corrected chi connectivity index (χ1v) is 7.52. The predicted octanol–water partition coefficient (Wildman–Crippen LogP) is 2.99. The largest absolute Gasteiger partial charge is 0.480 e. The quantitative estimate of drug-likeness (QED) is 0.603. The average molecular weight is 324 g/mol. The van der Waals surface area contributed by atoms with Crippen LogP contribution in [0.15, 0.2) is 0 Å². The molecule has 0 saturated heterocycles. The molecule has 0 spiro atoms. The molecule has 0 aromatic heterocycles. The van der Waals surface area contributed by atoms with Gasteiger partial charge in [-0.05, 0) is 25.7 Å². The third-order valence-corrected chi connectivity index (χ3v) is 3.53. The molecule has 0 heterocycles. The van der Waals surface area contributed by atoms with E-state index in [-0.39, 0.29) is 24.3 Å². The average Bonchev–Trinajstić information content (AvgIpc) is 2.37. The number of hydrogen-bond acceptors (Lipinski definition) is 4. The second kappa shape index (κ2) is 11.8. The van der Waals surface area contributed by atoms with Crippen molar-refractivity contribution >= 4 is 24.3 Å². The lowest BCUT2D eigenvalue weighted by molar-refractivity contribution is -0.158. The molecule has 0 amide bonds. The maximum absolute atomic E-state index is 12.1. The highest BCUT2D eigenvalue weighted by Gasteiger charge is 2.28. The van der Waals surface area contributed by atoms with E-state index in [4.69, 9.17) is 15.6 Å². The SMILES string of the molecule is CCCC(C)CC(CCC)C(=O)O[C@H](C)[C@H](N)C(=O)O.Cl. The molecule has 0 aliphatic carbocycles. The van der Waals surface area contributed by atoms with Gasteiger partial charge in [-0.15, -0.1) is 12.4 Å². The maximum atomic E-state index is 12.1. The number of carboxylic acids is 1. The van der Waals surface area contributed by atoms with Gasteiger partial charge in [-0.2, -0.15) is 0 Å². The summed E-state index contributed by atoms with van der Waals surface area (Å²) in [5, 5.41) is 8.81. The summed E-state index contributed by atoms with van der Waals surface area (Å²) < 4.78 is 5.22. The van der Waals surface area contributed by atoms with Crippen molar-refractivity contribution in [3.05, 3.63) is 0 Å². The number of halogens is 1. The van der Waals surface area contributed by atoms with E-state index in [0.717, 1.165) is 32.1 Å². The topological polar surface area (TPSA) is 89.6 Å². The molecule has 6 heteroatoms. The van der Waals surface area contributed by atoms with Gasteiger partial charge < -0.3 is 15.6 Å². The first kappa shape index (κ1) is 22.5. The lowest BCUT2D eigenvalue weighted by atomic mass is 9.90. The Morgan fingerprint density at radius 2 is 1.67 bits per heavy atom. The highest BCUT2D eigenvalue weighted by atomic mass is 35.5. The van der Waals surface area contributed by atoms with Crippen LogP contribution in [-0.2, 0) is 14.3 Å². The highest BCUT2D eigenvalue weighted by Crippen LogP contribution is 2.22. The minimum Gasteiger partial charge on any atom is -0.480 e. The summed E-state index contributed by atoms with van der Waals surface area (Å²) in [5.41, 5.74) is 5.45. The normalized spacial score (nSPS) is 16.2. The Kier molecular flexibility index (Phi) is 12.6. The van der Waals surface area contributed by atoms with E-state index in [1.54, 1.807) is 0 Å². The van der Waals surface area contributed by atoms with Crippen LogP contribution in [0.5, 0.6) is 0 Å². The van der Waals surface area contributed by atoms with Crippen LogP contribution >= 0.6 is 12.4 Å². The fourth-order valence-corrected chi connectivity index (χ4v) is 2.33. The lowest BCUT2D eigenvalue weighted by Gasteiger charge is -2.23. The van der Waals surface area contributed by atoms with Crippen LogP contribution < -0.4 is 5.73 Å². The van der Waals surface area contributed by atoms with E-state index in [9.17, 15) is 9.59 Å². The molecule has 4 atom stereocenters. The molecular weight excluding hydrogens is 294 g/mol. The van der Waals surface area contributed by atoms with E-state index < -0.39 is 18.1 Å². The van der Waals surface area contributed by atoms with E-state index >= 15 is 0 Å². The molecule has 0 fully saturated rings. The van der Waals surface area contributed by atoms with Crippen molar-refractivity contribution in [2.45, 2.75) is 71.9 Å². The van der Waals surface area contributed by atoms with E-state index in [0.29, 0.717) is 5.92 Å². The number of carbonyl (C=O) groups excluding carboxylic acids is 1. The molecule has 2 unspecified atom stereocenters. The zero-order valence-electron chi connectivity index (χ0n) is 13.5. The summed E-state index contributed by atoms with van der Waals surface area (Å²) >= 11 is 0. The monoisotopic (exact) mass is 323 g/mol. The maximum Gasteiger partial charge on any atom is 0.324 e.